The Hall–Kier alpha value is -1.85. The average molecular weight is 335 g/mol. The number of carbonyl (C=O) groups excluding carboxylic acids is 1. The number of rotatable bonds is 7. The third kappa shape index (κ3) is 6.34. The van der Waals surface area contributed by atoms with Gasteiger partial charge in [-0.3, -0.25) is 4.84 Å². The van der Waals surface area contributed by atoms with E-state index in [-0.39, 0.29) is 12.5 Å². The highest BCUT2D eigenvalue weighted by molar-refractivity contribution is 5.67. The molecular weight excluding hydrogens is 306 g/mol. The Bertz CT molecular complexity index is 524. The molecule has 0 aromatic heterocycles. The lowest BCUT2D eigenvalue weighted by atomic mass is 9.99. The lowest BCUT2D eigenvalue weighted by Gasteiger charge is -2.34. The Balaban J connectivity index is 2.89. The molecular formula is C19H29NO4. The fraction of sp³-hybridized carbons (Fsp3) is 0.526. The van der Waals surface area contributed by atoms with Gasteiger partial charge in [-0.15, -0.1) is 6.58 Å². The number of benzene rings is 1. The summed E-state index contributed by atoms with van der Waals surface area (Å²) in [5.41, 5.74) is 0.268. The van der Waals surface area contributed by atoms with Crippen LogP contribution in [0.25, 0.3) is 0 Å². The lowest BCUT2D eigenvalue weighted by molar-refractivity contribution is -0.195. The largest absolute Gasteiger partial charge is 0.442 e. The molecule has 0 fully saturated rings. The SMILES string of the molecule is C=CC(C)C(O)[C@@H](C)N(OCc1ccccc1)C(=O)OC(C)(C)C. The highest BCUT2D eigenvalue weighted by Crippen LogP contribution is 2.19. The van der Waals surface area contributed by atoms with E-state index in [1.165, 1.54) is 0 Å². The van der Waals surface area contributed by atoms with Crippen molar-refractivity contribution in [2.24, 2.45) is 5.92 Å². The molecule has 0 aliphatic carbocycles. The summed E-state index contributed by atoms with van der Waals surface area (Å²) in [6, 6.07) is 8.93. The average Bonchev–Trinajstić information content (AvgIpc) is 2.52. The maximum absolute atomic E-state index is 12.5. The van der Waals surface area contributed by atoms with E-state index in [1.807, 2.05) is 37.3 Å². The third-order valence-corrected chi connectivity index (χ3v) is 3.56. The number of hydrogen-bond acceptors (Lipinski definition) is 4. The van der Waals surface area contributed by atoms with E-state index >= 15 is 0 Å². The molecule has 5 heteroatoms. The molecule has 0 heterocycles. The normalized spacial score (nSPS) is 15.2. The van der Waals surface area contributed by atoms with Crippen LogP contribution in [-0.2, 0) is 16.2 Å². The molecule has 2 unspecified atom stereocenters. The third-order valence-electron chi connectivity index (χ3n) is 3.56. The van der Waals surface area contributed by atoms with Crippen molar-refractivity contribution in [1.82, 2.24) is 5.06 Å². The van der Waals surface area contributed by atoms with Crippen LogP contribution in [0.5, 0.6) is 0 Å². The molecule has 0 spiro atoms. The minimum absolute atomic E-state index is 0.190. The lowest BCUT2D eigenvalue weighted by Crippen LogP contribution is -2.48. The van der Waals surface area contributed by atoms with Crippen molar-refractivity contribution >= 4 is 6.09 Å². The van der Waals surface area contributed by atoms with Gasteiger partial charge in [0.1, 0.15) is 12.2 Å². The standard InChI is InChI=1S/C19H29NO4/c1-7-14(2)17(21)15(3)20(18(22)24-19(4,5)6)23-13-16-11-9-8-10-12-16/h7-12,14-15,17,21H,1,13H2,2-6H3/t14?,15-,17?/m1/s1. The van der Waals surface area contributed by atoms with Crippen LogP contribution in [0.15, 0.2) is 43.0 Å². The molecule has 0 radical (unpaired) electrons. The van der Waals surface area contributed by atoms with Gasteiger partial charge in [0.05, 0.1) is 12.1 Å². The molecule has 0 aliphatic rings. The molecule has 0 saturated heterocycles. The summed E-state index contributed by atoms with van der Waals surface area (Å²) in [6.45, 7) is 12.8. The zero-order valence-corrected chi connectivity index (χ0v) is 15.2. The van der Waals surface area contributed by atoms with Crippen molar-refractivity contribution in [2.75, 3.05) is 0 Å². The fourth-order valence-electron chi connectivity index (χ4n) is 2.08. The van der Waals surface area contributed by atoms with Gasteiger partial charge in [0.25, 0.3) is 0 Å². The molecule has 1 aromatic rings. The second-order valence-corrected chi connectivity index (χ2v) is 6.89. The summed E-state index contributed by atoms with van der Waals surface area (Å²) in [5.74, 6) is -0.190. The molecule has 0 bridgehead atoms. The van der Waals surface area contributed by atoms with Gasteiger partial charge in [0, 0.05) is 5.92 Å². The van der Waals surface area contributed by atoms with Crippen molar-refractivity contribution in [2.45, 2.75) is 59.0 Å². The molecule has 0 saturated carbocycles. The quantitative estimate of drug-likeness (QED) is 0.606. The number of hydroxylamine groups is 2. The van der Waals surface area contributed by atoms with Gasteiger partial charge in [-0.2, -0.15) is 5.06 Å². The Morgan fingerprint density at radius 1 is 1.29 bits per heavy atom. The first-order chi connectivity index (χ1) is 11.2. The van der Waals surface area contributed by atoms with Crippen LogP contribution in [0, 0.1) is 5.92 Å². The van der Waals surface area contributed by atoms with Gasteiger partial charge in [-0.1, -0.05) is 43.3 Å². The number of aliphatic hydroxyl groups excluding tert-OH is 1. The molecule has 0 aliphatic heterocycles. The summed E-state index contributed by atoms with van der Waals surface area (Å²) in [5, 5.41) is 11.5. The maximum atomic E-state index is 12.5. The Labute approximate surface area is 144 Å². The van der Waals surface area contributed by atoms with E-state index in [9.17, 15) is 9.90 Å². The summed E-state index contributed by atoms with van der Waals surface area (Å²) >= 11 is 0. The molecule has 134 valence electrons. The van der Waals surface area contributed by atoms with Gasteiger partial charge in [-0.05, 0) is 33.3 Å². The minimum Gasteiger partial charge on any atom is -0.442 e. The first-order valence-electron chi connectivity index (χ1n) is 8.15. The van der Waals surface area contributed by atoms with Crippen molar-refractivity contribution in [3.63, 3.8) is 0 Å². The molecule has 24 heavy (non-hydrogen) atoms. The van der Waals surface area contributed by atoms with Crippen LogP contribution in [0.1, 0.15) is 40.2 Å². The molecule has 1 rings (SSSR count). The van der Waals surface area contributed by atoms with Crippen LogP contribution in [-0.4, -0.2) is 34.0 Å². The second kappa shape index (κ2) is 8.85. The second-order valence-electron chi connectivity index (χ2n) is 6.89. The first-order valence-corrected chi connectivity index (χ1v) is 8.15. The monoisotopic (exact) mass is 335 g/mol. The maximum Gasteiger partial charge on any atom is 0.434 e. The van der Waals surface area contributed by atoms with Crippen LogP contribution >= 0.6 is 0 Å². The zero-order chi connectivity index (χ0) is 18.3. The Kier molecular flexibility index (Phi) is 7.45. The number of aliphatic hydroxyl groups is 1. The van der Waals surface area contributed by atoms with Crippen LogP contribution in [0.3, 0.4) is 0 Å². The number of carbonyl (C=O) groups is 1. The van der Waals surface area contributed by atoms with E-state index in [4.69, 9.17) is 9.57 Å². The van der Waals surface area contributed by atoms with E-state index in [2.05, 4.69) is 6.58 Å². The highest BCUT2D eigenvalue weighted by atomic mass is 16.7. The summed E-state index contributed by atoms with van der Waals surface area (Å²) in [4.78, 5) is 18.2. The molecule has 1 amide bonds. The number of hydrogen-bond donors (Lipinski definition) is 1. The molecule has 1 aromatic carbocycles. The van der Waals surface area contributed by atoms with Crippen molar-refractivity contribution in [3.05, 3.63) is 48.6 Å². The smallest absolute Gasteiger partial charge is 0.434 e. The molecule has 3 atom stereocenters. The van der Waals surface area contributed by atoms with Crippen molar-refractivity contribution in [3.8, 4) is 0 Å². The van der Waals surface area contributed by atoms with E-state index in [0.717, 1.165) is 10.6 Å². The predicted molar refractivity (Wildman–Crippen MR) is 94.1 cm³/mol. The van der Waals surface area contributed by atoms with Gasteiger partial charge >= 0.3 is 6.09 Å². The van der Waals surface area contributed by atoms with E-state index in [0.29, 0.717) is 0 Å². The van der Waals surface area contributed by atoms with E-state index in [1.54, 1.807) is 33.8 Å². The van der Waals surface area contributed by atoms with Crippen LogP contribution < -0.4 is 0 Å². The highest BCUT2D eigenvalue weighted by Gasteiger charge is 2.33. The van der Waals surface area contributed by atoms with Gasteiger partial charge in [0.2, 0.25) is 0 Å². The summed E-state index contributed by atoms with van der Waals surface area (Å²) in [7, 11) is 0. The van der Waals surface area contributed by atoms with Crippen LogP contribution in [0.2, 0.25) is 0 Å². The molecule has 1 N–H and O–H groups in total. The number of amides is 1. The molecule has 5 nitrogen and oxygen atoms in total. The Morgan fingerprint density at radius 3 is 2.38 bits per heavy atom. The minimum atomic E-state index is -0.814. The number of nitrogens with zero attached hydrogens (tertiary/aromatic N) is 1. The summed E-state index contributed by atoms with van der Waals surface area (Å²) in [6.07, 6.45) is 0.207. The fourth-order valence-corrected chi connectivity index (χ4v) is 2.08. The van der Waals surface area contributed by atoms with Gasteiger partial charge in [0.15, 0.2) is 0 Å². The van der Waals surface area contributed by atoms with Crippen LogP contribution in [0.4, 0.5) is 4.79 Å². The topological polar surface area (TPSA) is 59.0 Å². The van der Waals surface area contributed by atoms with E-state index < -0.39 is 23.8 Å². The zero-order valence-electron chi connectivity index (χ0n) is 15.2. The van der Waals surface area contributed by atoms with Gasteiger partial charge < -0.3 is 9.84 Å². The summed E-state index contributed by atoms with van der Waals surface area (Å²) < 4.78 is 5.40. The van der Waals surface area contributed by atoms with Gasteiger partial charge in [-0.25, -0.2) is 4.79 Å². The van der Waals surface area contributed by atoms with Crippen molar-refractivity contribution in [1.29, 1.82) is 0 Å². The van der Waals surface area contributed by atoms with Crippen molar-refractivity contribution < 1.29 is 19.5 Å². The predicted octanol–water partition coefficient (Wildman–Crippen LogP) is 3.93. The Morgan fingerprint density at radius 2 is 1.88 bits per heavy atom. The number of ether oxygens (including phenoxy) is 1. The first kappa shape index (κ1) is 20.2.